The molecule has 0 radical (unpaired) electrons. The summed E-state index contributed by atoms with van der Waals surface area (Å²) in [7, 11) is -3.78. The van der Waals surface area contributed by atoms with Gasteiger partial charge in [0.1, 0.15) is 0 Å². The molecule has 0 aliphatic carbocycles. The fraction of sp³-hybridized carbons (Fsp3) is 0.278. The van der Waals surface area contributed by atoms with E-state index in [0.29, 0.717) is 5.69 Å². The van der Waals surface area contributed by atoms with Crippen LogP contribution in [-0.2, 0) is 10.0 Å². The van der Waals surface area contributed by atoms with Crippen LogP contribution in [0.5, 0.6) is 0 Å². The van der Waals surface area contributed by atoms with E-state index in [1.165, 1.54) is 22.5 Å². The number of alkyl halides is 2. The van der Waals surface area contributed by atoms with Gasteiger partial charge in [-0.3, -0.25) is 4.79 Å². The number of sulfonamides is 1. The number of aryl methyl sites for hydroxylation is 1. The van der Waals surface area contributed by atoms with Gasteiger partial charge < -0.3 is 5.32 Å². The Morgan fingerprint density at radius 2 is 1.69 bits per heavy atom. The smallest absolute Gasteiger partial charge is 0.255 e. The van der Waals surface area contributed by atoms with E-state index < -0.39 is 10.0 Å². The van der Waals surface area contributed by atoms with Crippen LogP contribution in [0.15, 0.2) is 53.4 Å². The minimum absolute atomic E-state index is 0.0321. The number of nitrogens with zero attached hydrogens (tertiary/aromatic N) is 1. The summed E-state index contributed by atoms with van der Waals surface area (Å²) in [5, 5.41) is 2.77. The zero-order valence-corrected chi connectivity index (χ0v) is 16.6. The van der Waals surface area contributed by atoms with Crippen LogP contribution in [0, 0.1) is 6.92 Å². The molecular weight excluding hydrogens is 395 g/mol. The second-order valence-electron chi connectivity index (χ2n) is 5.63. The first-order chi connectivity index (χ1) is 12.4. The van der Waals surface area contributed by atoms with Crippen molar-refractivity contribution >= 4 is 44.8 Å². The molecular formula is C18H20Cl2N2O3S. The minimum Gasteiger partial charge on any atom is -0.322 e. The van der Waals surface area contributed by atoms with Crippen molar-refractivity contribution < 1.29 is 13.2 Å². The van der Waals surface area contributed by atoms with E-state index in [1.807, 2.05) is 25.1 Å². The van der Waals surface area contributed by atoms with Crippen molar-refractivity contribution in [1.29, 1.82) is 0 Å². The van der Waals surface area contributed by atoms with Crippen LogP contribution in [0.1, 0.15) is 15.9 Å². The van der Waals surface area contributed by atoms with Crippen LogP contribution in [-0.4, -0.2) is 43.5 Å². The number of rotatable bonds is 8. The SMILES string of the molecule is Cc1cccc(NC(=O)c2cccc(S(=O)(=O)N(CCCl)CCCl)c2)c1. The van der Waals surface area contributed by atoms with Crippen LogP contribution >= 0.6 is 23.2 Å². The highest BCUT2D eigenvalue weighted by atomic mass is 35.5. The Kier molecular flexibility index (Phi) is 7.46. The molecule has 0 saturated carbocycles. The first-order valence-corrected chi connectivity index (χ1v) is 10.5. The van der Waals surface area contributed by atoms with E-state index in [2.05, 4.69) is 5.32 Å². The van der Waals surface area contributed by atoms with E-state index in [0.717, 1.165) is 5.56 Å². The molecule has 0 bridgehead atoms. The molecule has 0 unspecified atom stereocenters. The van der Waals surface area contributed by atoms with Gasteiger partial charge in [0.2, 0.25) is 10.0 Å². The summed E-state index contributed by atoms with van der Waals surface area (Å²) in [6.45, 7) is 2.22. The lowest BCUT2D eigenvalue weighted by atomic mass is 10.2. The first-order valence-electron chi connectivity index (χ1n) is 7.98. The van der Waals surface area contributed by atoms with Crippen LogP contribution in [0.25, 0.3) is 0 Å². The molecule has 1 amide bonds. The average molecular weight is 415 g/mol. The molecule has 0 spiro atoms. The van der Waals surface area contributed by atoms with Gasteiger partial charge in [-0.15, -0.1) is 23.2 Å². The van der Waals surface area contributed by atoms with Gasteiger partial charge in [0.25, 0.3) is 5.91 Å². The number of hydrogen-bond donors (Lipinski definition) is 1. The number of anilines is 1. The summed E-state index contributed by atoms with van der Waals surface area (Å²) < 4.78 is 26.7. The zero-order chi connectivity index (χ0) is 19.2. The Morgan fingerprint density at radius 1 is 1.04 bits per heavy atom. The highest BCUT2D eigenvalue weighted by Gasteiger charge is 2.24. The molecule has 2 aromatic carbocycles. The number of carbonyl (C=O) groups excluding carboxylic acids is 1. The minimum atomic E-state index is -3.78. The van der Waals surface area contributed by atoms with Gasteiger partial charge in [-0.05, 0) is 42.8 Å². The maximum Gasteiger partial charge on any atom is 0.255 e. The van der Waals surface area contributed by atoms with Crippen molar-refractivity contribution in [2.45, 2.75) is 11.8 Å². The molecule has 0 fully saturated rings. The van der Waals surface area contributed by atoms with Gasteiger partial charge in [-0.1, -0.05) is 18.2 Å². The Balaban J connectivity index is 2.27. The van der Waals surface area contributed by atoms with Crippen LogP contribution in [0.4, 0.5) is 5.69 Å². The Bertz CT molecular complexity index is 866. The third-order valence-corrected chi connectivity index (χ3v) is 5.91. The lowest BCUT2D eigenvalue weighted by Crippen LogP contribution is -2.34. The maximum atomic E-state index is 12.8. The second-order valence-corrected chi connectivity index (χ2v) is 8.33. The first kappa shape index (κ1) is 20.7. The van der Waals surface area contributed by atoms with Crippen molar-refractivity contribution in [2.24, 2.45) is 0 Å². The lowest BCUT2D eigenvalue weighted by Gasteiger charge is -2.20. The van der Waals surface area contributed by atoms with Gasteiger partial charge in [0.05, 0.1) is 4.90 Å². The molecule has 0 heterocycles. The number of halogens is 2. The Morgan fingerprint density at radius 3 is 2.31 bits per heavy atom. The largest absolute Gasteiger partial charge is 0.322 e. The molecule has 0 aliphatic heterocycles. The van der Waals surface area contributed by atoms with Crippen molar-refractivity contribution in [1.82, 2.24) is 4.31 Å². The summed E-state index contributed by atoms with van der Waals surface area (Å²) in [6, 6.07) is 13.3. The summed E-state index contributed by atoms with van der Waals surface area (Å²) in [4.78, 5) is 12.5. The molecule has 0 aromatic heterocycles. The molecule has 0 aliphatic rings. The lowest BCUT2D eigenvalue weighted by molar-refractivity contribution is 0.102. The number of amides is 1. The molecule has 140 valence electrons. The summed E-state index contributed by atoms with van der Waals surface area (Å²) in [6.07, 6.45) is 0. The zero-order valence-electron chi connectivity index (χ0n) is 14.3. The quantitative estimate of drug-likeness (QED) is 0.669. The number of nitrogens with one attached hydrogen (secondary N) is 1. The van der Waals surface area contributed by atoms with Crippen molar-refractivity contribution in [3.8, 4) is 0 Å². The molecule has 8 heteroatoms. The van der Waals surface area contributed by atoms with E-state index >= 15 is 0 Å². The number of carbonyl (C=O) groups is 1. The van der Waals surface area contributed by atoms with E-state index in [1.54, 1.807) is 12.1 Å². The van der Waals surface area contributed by atoms with Gasteiger partial charge in [0, 0.05) is 36.1 Å². The molecule has 2 rings (SSSR count). The average Bonchev–Trinajstić information content (AvgIpc) is 2.61. The van der Waals surface area contributed by atoms with E-state index in [4.69, 9.17) is 23.2 Å². The predicted octanol–water partition coefficient (Wildman–Crippen LogP) is 3.72. The highest BCUT2D eigenvalue weighted by molar-refractivity contribution is 7.89. The second kappa shape index (κ2) is 9.37. The monoisotopic (exact) mass is 414 g/mol. The highest BCUT2D eigenvalue weighted by Crippen LogP contribution is 2.19. The molecule has 0 saturated heterocycles. The summed E-state index contributed by atoms with van der Waals surface area (Å²) in [5.74, 6) is -0.0679. The van der Waals surface area contributed by atoms with E-state index in [9.17, 15) is 13.2 Å². The Hall–Kier alpha value is -1.60. The van der Waals surface area contributed by atoms with Gasteiger partial charge in [0.15, 0.2) is 0 Å². The third kappa shape index (κ3) is 5.20. The standard InChI is InChI=1S/C18H20Cl2N2O3S/c1-14-4-2-6-16(12-14)21-18(23)15-5-3-7-17(13-15)26(24,25)22(10-8-19)11-9-20/h2-7,12-13H,8-11H2,1H3,(H,21,23). The Labute approximate surface area is 164 Å². The normalized spacial score (nSPS) is 11.5. The van der Waals surface area contributed by atoms with Gasteiger partial charge in [-0.2, -0.15) is 4.31 Å². The third-order valence-electron chi connectivity index (χ3n) is 3.68. The maximum absolute atomic E-state index is 12.8. The molecule has 5 nitrogen and oxygen atoms in total. The molecule has 26 heavy (non-hydrogen) atoms. The van der Waals surface area contributed by atoms with Crippen LogP contribution in [0.2, 0.25) is 0 Å². The fourth-order valence-corrected chi connectivity index (χ4v) is 4.51. The summed E-state index contributed by atoms with van der Waals surface area (Å²) in [5.41, 5.74) is 1.91. The molecule has 2 aromatic rings. The van der Waals surface area contributed by atoms with Crippen LogP contribution in [0.3, 0.4) is 0 Å². The fourth-order valence-electron chi connectivity index (χ4n) is 2.41. The van der Waals surface area contributed by atoms with Crippen molar-refractivity contribution in [3.63, 3.8) is 0 Å². The number of benzene rings is 2. The van der Waals surface area contributed by atoms with Crippen LogP contribution < -0.4 is 5.32 Å². The van der Waals surface area contributed by atoms with Crippen molar-refractivity contribution in [3.05, 3.63) is 59.7 Å². The van der Waals surface area contributed by atoms with Crippen molar-refractivity contribution in [2.75, 3.05) is 30.2 Å². The van der Waals surface area contributed by atoms with Gasteiger partial charge in [-0.25, -0.2) is 8.42 Å². The summed E-state index contributed by atoms with van der Waals surface area (Å²) >= 11 is 11.4. The number of hydrogen-bond acceptors (Lipinski definition) is 3. The topological polar surface area (TPSA) is 66.5 Å². The molecule has 0 atom stereocenters. The predicted molar refractivity (Wildman–Crippen MR) is 106 cm³/mol. The van der Waals surface area contributed by atoms with E-state index in [-0.39, 0.29) is 41.2 Å². The molecule has 1 N–H and O–H groups in total. The van der Waals surface area contributed by atoms with Gasteiger partial charge >= 0.3 is 0 Å².